The fourth-order valence-electron chi connectivity index (χ4n) is 4.00. The number of nitrogens with zero attached hydrogens (tertiary/aromatic N) is 3. The van der Waals surface area contributed by atoms with Crippen molar-refractivity contribution in [3.05, 3.63) is 40.3 Å². The average Bonchev–Trinajstić information content (AvgIpc) is 2.98. The summed E-state index contributed by atoms with van der Waals surface area (Å²) in [7, 11) is 2.96. The molecule has 0 radical (unpaired) electrons. The highest BCUT2D eigenvalue weighted by Gasteiger charge is 2.30. The summed E-state index contributed by atoms with van der Waals surface area (Å²) >= 11 is 0. The summed E-state index contributed by atoms with van der Waals surface area (Å²) in [5.74, 6) is 0.107. The van der Waals surface area contributed by atoms with Gasteiger partial charge in [-0.1, -0.05) is 0 Å². The largest absolute Gasteiger partial charge is 0.444 e. The number of nitrogens with one attached hydrogen (secondary N) is 2. The molecular weight excluding hydrogens is 469 g/mol. The molecule has 2 heterocycles. The summed E-state index contributed by atoms with van der Waals surface area (Å²) in [6, 6.07) is 2.85. The van der Waals surface area contributed by atoms with E-state index in [-0.39, 0.29) is 18.9 Å². The minimum atomic E-state index is -0.639. The van der Waals surface area contributed by atoms with E-state index >= 15 is 0 Å². The number of urea groups is 1. The zero-order valence-corrected chi connectivity index (χ0v) is 22.0. The Balaban J connectivity index is 2.00. The zero-order valence-electron chi connectivity index (χ0n) is 22.0. The van der Waals surface area contributed by atoms with Crippen LogP contribution in [0.15, 0.2) is 12.1 Å². The van der Waals surface area contributed by atoms with E-state index in [2.05, 4.69) is 10.6 Å². The molecule has 0 unspecified atom stereocenters. The second-order valence-electron chi connectivity index (χ2n) is 9.82. The number of ether oxygens (including phenoxy) is 3. The summed E-state index contributed by atoms with van der Waals surface area (Å²) in [6.07, 6.45) is 0.240. The average molecular weight is 506 g/mol. The van der Waals surface area contributed by atoms with Gasteiger partial charge in [0.1, 0.15) is 17.2 Å². The van der Waals surface area contributed by atoms with Crippen LogP contribution in [0.25, 0.3) is 5.69 Å². The number of fused-ring (bicyclic) bond motifs is 1. The molecule has 1 aliphatic heterocycles. The van der Waals surface area contributed by atoms with Crippen molar-refractivity contribution in [2.24, 2.45) is 0 Å². The Labute approximate surface area is 211 Å². The van der Waals surface area contributed by atoms with Crippen molar-refractivity contribution in [3.63, 3.8) is 0 Å². The highest BCUT2D eigenvalue weighted by atomic mass is 19.1. The third-order valence-electron chi connectivity index (χ3n) is 5.76. The first-order valence-corrected chi connectivity index (χ1v) is 11.9. The molecule has 0 atom stereocenters. The Morgan fingerprint density at radius 1 is 1.17 bits per heavy atom. The Hall–Kier alpha value is -3.18. The number of halogens is 1. The molecule has 0 spiro atoms. The lowest BCUT2D eigenvalue weighted by Gasteiger charge is -2.26. The minimum Gasteiger partial charge on any atom is -0.444 e. The van der Waals surface area contributed by atoms with Crippen molar-refractivity contribution >= 4 is 17.9 Å². The number of amides is 3. The van der Waals surface area contributed by atoms with Gasteiger partial charge in [-0.2, -0.15) is 5.10 Å². The van der Waals surface area contributed by atoms with Crippen molar-refractivity contribution in [2.45, 2.75) is 65.9 Å². The van der Waals surface area contributed by atoms with Crippen LogP contribution in [-0.2, 0) is 27.2 Å². The smallest absolute Gasteiger partial charge is 0.410 e. The molecule has 0 fully saturated rings. The van der Waals surface area contributed by atoms with Gasteiger partial charge in [-0.25, -0.2) is 18.7 Å². The summed E-state index contributed by atoms with van der Waals surface area (Å²) in [5.41, 5.74) is 2.34. The van der Waals surface area contributed by atoms with Gasteiger partial charge in [0.2, 0.25) is 0 Å². The van der Waals surface area contributed by atoms with Crippen LogP contribution >= 0.6 is 0 Å². The number of carbonyl (C=O) groups excluding carboxylic acids is 2. The maximum Gasteiger partial charge on any atom is 0.410 e. The molecule has 0 saturated carbocycles. The molecule has 1 aliphatic rings. The molecule has 1 aromatic heterocycles. The molecule has 198 valence electrons. The van der Waals surface area contributed by atoms with Gasteiger partial charge in [0, 0.05) is 26.3 Å². The first-order valence-electron chi connectivity index (χ1n) is 11.9. The van der Waals surface area contributed by atoms with E-state index in [1.807, 2.05) is 20.8 Å². The molecule has 3 amide bonds. The van der Waals surface area contributed by atoms with E-state index in [1.165, 1.54) is 14.2 Å². The number of carbonyl (C=O) groups is 2. The van der Waals surface area contributed by atoms with Crippen LogP contribution < -0.4 is 10.6 Å². The van der Waals surface area contributed by atoms with E-state index in [0.717, 1.165) is 5.69 Å². The van der Waals surface area contributed by atoms with E-state index in [1.54, 1.807) is 35.6 Å². The second-order valence-corrected chi connectivity index (χ2v) is 9.82. The SMILES string of the molecule is COC(CNC(=O)Nc1c2c(nn1-c1cc(C)c(F)c(C)c1)CCCN(C(=O)OC(C)(C)C)C2)OC. The highest BCUT2D eigenvalue weighted by molar-refractivity contribution is 5.89. The molecule has 0 saturated heterocycles. The maximum absolute atomic E-state index is 14.3. The van der Waals surface area contributed by atoms with Crippen LogP contribution in [0.4, 0.5) is 19.8 Å². The second kappa shape index (κ2) is 11.3. The number of anilines is 1. The number of benzene rings is 1. The lowest BCUT2D eigenvalue weighted by Crippen LogP contribution is -2.38. The van der Waals surface area contributed by atoms with Gasteiger partial charge in [0.25, 0.3) is 0 Å². The standard InChI is InChI=1S/C25H36FN5O5/c1-15-11-17(12-16(2)21(15)26)31-22(28-23(32)27-13-20(34-6)35-7)18-14-30(10-8-9-19(18)29-31)24(33)36-25(3,4)5/h11-12,20H,8-10,13-14H2,1-7H3,(H2,27,28,32). The molecule has 11 heteroatoms. The zero-order chi connectivity index (χ0) is 26.6. The van der Waals surface area contributed by atoms with Crippen LogP contribution in [0, 0.1) is 19.7 Å². The first-order chi connectivity index (χ1) is 16.9. The third kappa shape index (κ3) is 6.52. The number of aromatic nitrogens is 2. The summed E-state index contributed by atoms with van der Waals surface area (Å²) in [4.78, 5) is 27.3. The molecule has 36 heavy (non-hydrogen) atoms. The van der Waals surface area contributed by atoms with Crippen LogP contribution in [0.1, 0.15) is 49.6 Å². The quantitative estimate of drug-likeness (QED) is 0.574. The van der Waals surface area contributed by atoms with Gasteiger partial charge in [0.15, 0.2) is 6.29 Å². The third-order valence-corrected chi connectivity index (χ3v) is 5.76. The van der Waals surface area contributed by atoms with Crippen molar-refractivity contribution in [1.29, 1.82) is 0 Å². The Morgan fingerprint density at radius 3 is 2.39 bits per heavy atom. The lowest BCUT2D eigenvalue weighted by atomic mass is 10.1. The van der Waals surface area contributed by atoms with Gasteiger partial charge in [-0.05, 0) is 70.7 Å². The van der Waals surface area contributed by atoms with Crippen molar-refractivity contribution in [3.8, 4) is 5.69 Å². The Bertz CT molecular complexity index is 1080. The lowest BCUT2D eigenvalue weighted by molar-refractivity contribution is -0.0970. The van der Waals surface area contributed by atoms with E-state index in [4.69, 9.17) is 19.3 Å². The normalized spacial score (nSPS) is 13.9. The number of aryl methyl sites for hydroxylation is 3. The molecular formula is C25H36FN5O5. The number of hydrogen-bond donors (Lipinski definition) is 2. The van der Waals surface area contributed by atoms with Crippen LogP contribution in [-0.4, -0.2) is 66.0 Å². The predicted octanol–water partition coefficient (Wildman–Crippen LogP) is 4.05. The molecule has 10 nitrogen and oxygen atoms in total. The summed E-state index contributed by atoms with van der Waals surface area (Å²) < 4.78 is 31.8. The van der Waals surface area contributed by atoms with Crippen LogP contribution in [0.3, 0.4) is 0 Å². The van der Waals surface area contributed by atoms with Gasteiger partial charge >= 0.3 is 12.1 Å². The molecule has 0 bridgehead atoms. The Morgan fingerprint density at radius 2 is 1.81 bits per heavy atom. The predicted molar refractivity (Wildman–Crippen MR) is 133 cm³/mol. The van der Waals surface area contributed by atoms with Gasteiger partial charge < -0.3 is 24.4 Å². The molecule has 1 aromatic carbocycles. The molecule has 3 rings (SSSR count). The van der Waals surface area contributed by atoms with E-state index in [0.29, 0.717) is 47.6 Å². The molecule has 2 aromatic rings. The van der Waals surface area contributed by atoms with Gasteiger partial charge in [-0.3, -0.25) is 5.32 Å². The van der Waals surface area contributed by atoms with Gasteiger partial charge in [-0.15, -0.1) is 0 Å². The van der Waals surface area contributed by atoms with Crippen molar-refractivity contribution < 1.29 is 28.2 Å². The van der Waals surface area contributed by atoms with Crippen molar-refractivity contribution in [2.75, 3.05) is 32.6 Å². The first kappa shape index (κ1) is 27.4. The van der Waals surface area contributed by atoms with E-state index in [9.17, 15) is 14.0 Å². The molecule has 2 N–H and O–H groups in total. The van der Waals surface area contributed by atoms with E-state index < -0.39 is 24.0 Å². The van der Waals surface area contributed by atoms with Crippen molar-refractivity contribution in [1.82, 2.24) is 20.0 Å². The maximum atomic E-state index is 14.3. The fraction of sp³-hybridized carbons (Fsp3) is 0.560. The number of methoxy groups -OCH3 is 2. The summed E-state index contributed by atoms with van der Waals surface area (Å²) in [6.45, 7) is 9.63. The highest BCUT2D eigenvalue weighted by Crippen LogP contribution is 2.30. The monoisotopic (exact) mass is 505 g/mol. The fourth-order valence-corrected chi connectivity index (χ4v) is 4.00. The number of rotatable bonds is 6. The topological polar surface area (TPSA) is 107 Å². The van der Waals surface area contributed by atoms with Crippen LogP contribution in [0.5, 0.6) is 0 Å². The minimum absolute atomic E-state index is 0.119. The molecule has 0 aliphatic carbocycles. The van der Waals surface area contributed by atoms with Crippen LogP contribution in [0.2, 0.25) is 0 Å². The summed E-state index contributed by atoms with van der Waals surface area (Å²) in [5, 5.41) is 10.4. The van der Waals surface area contributed by atoms with Gasteiger partial charge in [0.05, 0.1) is 24.5 Å². The Kier molecular flexibility index (Phi) is 8.57. The number of hydrogen-bond acceptors (Lipinski definition) is 6.